The Hall–Kier alpha value is -2.29. The molecule has 26 heavy (non-hydrogen) atoms. The largest absolute Gasteiger partial charge is 0.334 e. The molecule has 6 nitrogen and oxygen atoms in total. The van der Waals surface area contributed by atoms with Crippen molar-refractivity contribution in [1.29, 1.82) is 0 Å². The molecule has 1 heterocycles. The number of aromatic nitrogens is 2. The summed E-state index contributed by atoms with van der Waals surface area (Å²) in [4.78, 5) is 4.37. The predicted molar refractivity (Wildman–Crippen MR) is 94.7 cm³/mol. The van der Waals surface area contributed by atoms with Crippen LogP contribution in [-0.4, -0.2) is 36.5 Å². The topological polar surface area (TPSA) is 76.3 Å². The second kappa shape index (κ2) is 7.53. The SMILES string of the molecule is CN(CCc1noc(-c2ccc(F)cc2)n1)S(=O)(=O)c1ccc(Cl)cc1. The van der Waals surface area contributed by atoms with Crippen LogP contribution >= 0.6 is 11.6 Å². The van der Waals surface area contributed by atoms with Gasteiger partial charge in [0.15, 0.2) is 5.82 Å². The van der Waals surface area contributed by atoms with Crippen molar-refractivity contribution in [3.63, 3.8) is 0 Å². The van der Waals surface area contributed by atoms with Crippen LogP contribution in [0.1, 0.15) is 5.82 Å². The summed E-state index contributed by atoms with van der Waals surface area (Å²) < 4.78 is 44.3. The fourth-order valence-electron chi connectivity index (χ4n) is 2.23. The van der Waals surface area contributed by atoms with Crippen LogP contribution in [0.5, 0.6) is 0 Å². The first-order valence-corrected chi connectivity index (χ1v) is 9.48. The predicted octanol–water partition coefficient (Wildman–Crippen LogP) is 3.39. The third-order valence-electron chi connectivity index (χ3n) is 3.73. The Labute approximate surface area is 155 Å². The van der Waals surface area contributed by atoms with E-state index in [1.54, 1.807) is 0 Å². The van der Waals surface area contributed by atoms with Gasteiger partial charge < -0.3 is 4.52 Å². The zero-order chi connectivity index (χ0) is 18.7. The maximum atomic E-state index is 13.0. The highest BCUT2D eigenvalue weighted by Gasteiger charge is 2.21. The number of nitrogens with zero attached hydrogens (tertiary/aromatic N) is 3. The molecule has 0 atom stereocenters. The monoisotopic (exact) mass is 395 g/mol. The molecule has 0 saturated heterocycles. The van der Waals surface area contributed by atoms with Crippen molar-refractivity contribution in [1.82, 2.24) is 14.4 Å². The van der Waals surface area contributed by atoms with Crippen molar-refractivity contribution >= 4 is 21.6 Å². The molecule has 3 aromatic rings. The van der Waals surface area contributed by atoms with Crippen molar-refractivity contribution in [2.45, 2.75) is 11.3 Å². The van der Waals surface area contributed by atoms with Gasteiger partial charge in [-0.2, -0.15) is 4.98 Å². The van der Waals surface area contributed by atoms with Crippen LogP contribution in [0.15, 0.2) is 57.9 Å². The van der Waals surface area contributed by atoms with E-state index in [2.05, 4.69) is 10.1 Å². The average molecular weight is 396 g/mol. The van der Waals surface area contributed by atoms with Crippen LogP contribution in [0.3, 0.4) is 0 Å². The van der Waals surface area contributed by atoms with Gasteiger partial charge in [0.1, 0.15) is 5.82 Å². The van der Waals surface area contributed by atoms with Crippen LogP contribution in [0.25, 0.3) is 11.5 Å². The van der Waals surface area contributed by atoms with Gasteiger partial charge in [0.2, 0.25) is 10.0 Å². The standard InChI is InChI=1S/C17H15ClFN3O3S/c1-22(26(23,24)15-8-4-13(18)5-9-15)11-10-16-20-17(25-21-16)12-2-6-14(19)7-3-12/h2-9H,10-11H2,1H3. The van der Waals surface area contributed by atoms with Crippen LogP contribution in [0.4, 0.5) is 4.39 Å². The molecule has 0 aliphatic rings. The molecular formula is C17H15ClFN3O3S. The number of hydrogen-bond donors (Lipinski definition) is 0. The number of rotatable bonds is 6. The minimum atomic E-state index is -3.63. The fraction of sp³-hybridized carbons (Fsp3) is 0.176. The molecule has 0 spiro atoms. The summed E-state index contributed by atoms with van der Waals surface area (Å²) in [6, 6.07) is 11.6. The normalized spacial score (nSPS) is 11.8. The van der Waals surface area contributed by atoms with Crippen LogP contribution in [-0.2, 0) is 16.4 Å². The minimum absolute atomic E-state index is 0.157. The number of likely N-dealkylation sites (N-methyl/N-ethyl adjacent to an activating group) is 1. The quantitative estimate of drug-likeness (QED) is 0.639. The third kappa shape index (κ3) is 4.09. The van der Waals surface area contributed by atoms with E-state index in [-0.39, 0.29) is 29.6 Å². The van der Waals surface area contributed by atoms with Gasteiger partial charge in [-0.25, -0.2) is 17.1 Å². The number of halogens is 2. The lowest BCUT2D eigenvalue weighted by Gasteiger charge is -2.16. The first-order chi connectivity index (χ1) is 12.4. The molecule has 0 aliphatic carbocycles. The van der Waals surface area contributed by atoms with Gasteiger partial charge in [-0.1, -0.05) is 16.8 Å². The van der Waals surface area contributed by atoms with E-state index in [1.807, 2.05) is 0 Å². The van der Waals surface area contributed by atoms with Crippen molar-refractivity contribution < 1.29 is 17.3 Å². The highest BCUT2D eigenvalue weighted by molar-refractivity contribution is 7.89. The molecule has 136 valence electrons. The zero-order valence-corrected chi connectivity index (χ0v) is 15.3. The molecule has 0 N–H and O–H groups in total. The zero-order valence-electron chi connectivity index (χ0n) is 13.8. The third-order valence-corrected chi connectivity index (χ3v) is 5.85. The number of hydrogen-bond acceptors (Lipinski definition) is 5. The molecule has 9 heteroatoms. The molecule has 0 saturated carbocycles. The molecule has 0 radical (unpaired) electrons. The van der Waals surface area contributed by atoms with E-state index in [4.69, 9.17) is 16.1 Å². The molecule has 0 bridgehead atoms. The molecule has 0 unspecified atom stereocenters. The van der Waals surface area contributed by atoms with E-state index in [0.717, 1.165) is 0 Å². The molecule has 0 aliphatic heterocycles. The lowest BCUT2D eigenvalue weighted by molar-refractivity contribution is 0.415. The molecule has 1 aromatic heterocycles. The second-order valence-electron chi connectivity index (χ2n) is 5.55. The van der Waals surface area contributed by atoms with Crippen LogP contribution in [0.2, 0.25) is 5.02 Å². The summed E-state index contributed by atoms with van der Waals surface area (Å²) in [5.74, 6) is 0.258. The summed E-state index contributed by atoms with van der Waals surface area (Å²) in [5, 5.41) is 4.30. The van der Waals surface area contributed by atoms with Crippen LogP contribution in [0, 0.1) is 5.82 Å². The van der Waals surface area contributed by atoms with Gasteiger partial charge in [-0.3, -0.25) is 0 Å². The second-order valence-corrected chi connectivity index (χ2v) is 8.03. The fourth-order valence-corrected chi connectivity index (χ4v) is 3.53. The van der Waals surface area contributed by atoms with Gasteiger partial charge in [0.05, 0.1) is 4.90 Å². The molecular weight excluding hydrogens is 381 g/mol. The molecule has 0 amide bonds. The molecule has 0 fully saturated rings. The Morgan fingerprint density at radius 3 is 2.42 bits per heavy atom. The van der Waals surface area contributed by atoms with Gasteiger partial charge >= 0.3 is 0 Å². The van der Waals surface area contributed by atoms with Gasteiger partial charge in [0, 0.05) is 30.6 Å². The van der Waals surface area contributed by atoms with E-state index in [0.29, 0.717) is 16.4 Å². The van der Waals surface area contributed by atoms with Crippen molar-refractivity contribution in [2.24, 2.45) is 0 Å². The number of benzene rings is 2. The number of sulfonamides is 1. The van der Waals surface area contributed by atoms with E-state index in [9.17, 15) is 12.8 Å². The highest BCUT2D eigenvalue weighted by Crippen LogP contribution is 2.19. The summed E-state index contributed by atoms with van der Waals surface area (Å²) in [5.41, 5.74) is 0.590. The summed E-state index contributed by atoms with van der Waals surface area (Å²) >= 11 is 5.79. The van der Waals surface area contributed by atoms with E-state index >= 15 is 0 Å². The Kier molecular flexibility index (Phi) is 5.36. The van der Waals surface area contributed by atoms with E-state index < -0.39 is 10.0 Å². The Bertz CT molecular complexity index is 989. The highest BCUT2D eigenvalue weighted by atomic mass is 35.5. The summed E-state index contributed by atoms with van der Waals surface area (Å²) in [6.07, 6.45) is 0.272. The van der Waals surface area contributed by atoms with Crippen molar-refractivity contribution in [2.75, 3.05) is 13.6 Å². The molecule has 3 rings (SSSR count). The minimum Gasteiger partial charge on any atom is -0.334 e. The first kappa shape index (κ1) is 18.5. The Morgan fingerprint density at radius 1 is 1.12 bits per heavy atom. The van der Waals surface area contributed by atoms with Crippen molar-refractivity contribution in [3.8, 4) is 11.5 Å². The average Bonchev–Trinajstić information content (AvgIpc) is 3.09. The van der Waals surface area contributed by atoms with Crippen molar-refractivity contribution in [3.05, 3.63) is 65.2 Å². The van der Waals surface area contributed by atoms with Gasteiger partial charge in [-0.05, 0) is 48.5 Å². The summed E-state index contributed by atoms with van der Waals surface area (Å²) in [7, 11) is -2.15. The maximum absolute atomic E-state index is 13.0. The summed E-state index contributed by atoms with van der Waals surface area (Å²) in [6.45, 7) is 0.174. The van der Waals surface area contributed by atoms with Crippen LogP contribution < -0.4 is 0 Å². The first-order valence-electron chi connectivity index (χ1n) is 7.67. The van der Waals surface area contributed by atoms with E-state index in [1.165, 1.54) is 59.9 Å². The Balaban J connectivity index is 1.67. The molecule has 2 aromatic carbocycles. The Morgan fingerprint density at radius 2 is 1.77 bits per heavy atom. The van der Waals surface area contributed by atoms with Gasteiger partial charge in [0.25, 0.3) is 5.89 Å². The van der Waals surface area contributed by atoms with Gasteiger partial charge in [-0.15, -0.1) is 0 Å². The smallest absolute Gasteiger partial charge is 0.257 e. The maximum Gasteiger partial charge on any atom is 0.257 e. The lowest BCUT2D eigenvalue weighted by atomic mass is 10.2. The lowest BCUT2D eigenvalue weighted by Crippen LogP contribution is -2.29.